The van der Waals surface area contributed by atoms with E-state index in [0.29, 0.717) is 6.04 Å². The molecule has 1 saturated carbocycles. The minimum absolute atomic E-state index is 0.172. The monoisotopic (exact) mass is 276 g/mol. The highest BCUT2D eigenvalue weighted by molar-refractivity contribution is 5.48. The fraction of sp³-hybridized carbons (Fsp3) is 0.625. The molecule has 0 aromatic heterocycles. The van der Waals surface area contributed by atoms with Crippen LogP contribution in [0.3, 0.4) is 0 Å². The molecule has 0 spiro atoms. The highest BCUT2D eigenvalue weighted by atomic mass is 16.5. The molecular weight excluding hydrogens is 252 g/mol. The van der Waals surface area contributed by atoms with Crippen molar-refractivity contribution in [2.45, 2.75) is 43.8 Å². The first kappa shape index (κ1) is 13.7. The number of hydrogen-bond acceptors (Lipinski definition) is 4. The lowest BCUT2D eigenvalue weighted by Gasteiger charge is -2.41. The smallest absolute Gasteiger partial charge is 0.165 e. The van der Waals surface area contributed by atoms with Crippen LogP contribution in [0.1, 0.15) is 37.3 Å². The summed E-state index contributed by atoms with van der Waals surface area (Å²) in [5, 5.41) is 0. The summed E-state index contributed by atoms with van der Waals surface area (Å²) in [4.78, 5) is 2.57. The first-order chi connectivity index (χ1) is 9.76. The highest BCUT2D eigenvalue weighted by Crippen LogP contribution is 2.44. The number of likely N-dealkylation sites (tertiary alicyclic amines) is 1. The molecule has 1 aliphatic carbocycles. The Kier molecular flexibility index (Phi) is 3.85. The van der Waals surface area contributed by atoms with Crippen molar-refractivity contribution >= 4 is 0 Å². The van der Waals surface area contributed by atoms with E-state index in [0.717, 1.165) is 24.5 Å². The average molecular weight is 276 g/mol. The number of hydrogen-bond donors (Lipinski definition) is 1. The normalized spacial score (nSPS) is 27.4. The van der Waals surface area contributed by atoms with Crippen molar-refractivity contribution in [3.05, 3.63) is 23.8 Å². The first-order valence-electron chi connectivity index (χ1n) is 7.48. The summed E-state index contributed by atoms with van der Waals surface area (Å²) in [5.41, 5.74) is 7.62. The van der Waals surface area contributed by atoms with Gasteiger partial charge in [-0.15, -0.1) is 0 Å². The van der Waals surface area contributed by atoms with Gasteiger partial charge in [-0.25, -0.2) is 0 Å². The van der Waals surface area contributed by atoms with Crippen LogP contribution in [0.25, 0.3) is 0 Å². The molecule has 0 radical (unpaired) electrons. The quantitative estimate of drug-likeness (QED) is 0.917. The van der Waals surface area contributed by atoms with Crippen LogP contribution in [-0.2, 0) is 0 Å². The van der Waals surface area contributed by atoms with E-state index in [1.165, 1.54) is 24.8 Å². The maximum atomic E-state index is 6.44. The molecule has 2 fully saturated rings. The van der Waals surface area contributed by atoms with Crippen molar-refractivity contribution < 1.29 is 9.47 Å². The number of nitrogens with two attached hydrogens (primary N) is 1. The van der Waals surface area contributed by atoms with Gasteiger partial charge in [0.1, 0.15) is 0 Å². The van der Waals surface area contributed by atoms with Crippen LogP contribution in [0, 0.1) is 0 Å². The van der Waals surface area contributed by atoms with Gasteiger partial charge in [0.15, 0.2) is 11.5 Å². The molecule has 110 valence electrons. The Labute approximate surface area is 120 Å². The van der Waals surface area contributed by atoms with Gasteiger partial charge in [0.05, 0.1) is 20.3 Å². The molecule has 0 bridgehead atoms. The van der Waals surface area contributed by atoms with Gasteiger partial charge in [-0.2, -0.15) is 0 Å². The molecular formula is C16H24N2O2. The number of benzene rings is 1. The van der Waals surface area contributed by atoms with Crippen molar-refractivity contribution in [2.75, 3.05) is 20.8 Å². The van der Waals surface area contributed by atoms with E-state index >= 15 is 0 Å². The number of piperidine rings is 1. The zero-order valence-corrected chi connectivity index (χ0v) is 12.3. The van der Waals surface area contributed by atoms with Gasteiger partial charge in [-0.05, 0) is 38.3 Å². The van der Waals surface area contributed by atoms with Crippen molar-refractivity contribution in [3.8, 4) is 11.5 Å². The van der Waals surface area contributed by atoms with Crippen molar-refractivity contribution in [1.82, 2.24) is 4.90 Å². The van der Waals surface area contributed by atoms with E-state index in [1.807, 2.05) is 12.1 Å². The van der Waals surface area contributed by atoms with Gasteiger partial charge < -0.3 is 15.2 Å². The molecule has 1 aromatic carbocycles. The predicted molar refractivity (Wildman–Crippen MR) is 79.2 cm³/mol. The summed E-state index contributed by atoms with van der Waals surface area (Å²) in [6, 6.07) is 7.24. The summed E-state index contributed by atoms with van der Waals surface area (Å²) in [6.07, 6.45) is 4.87. The highest BCUT2D eigenvalue weighted by Gasteiger charge is 2.40. The van der Waals surface area contributed by atoms with E-state index in [1.54, 1.807) is 14.2 Å². The fourth-order valence-electron chi connectivity index (χ4n) is 3.42. The predicted octanol–water partition coefficient (Wildman–Crippen LogP) is 2.33. The van der Waals surface area contributed by atoms with Crippen LogP contribution < -0.4 is 15.2 Å². The molecule has 2 aliphatic rings. The molecule has 1 saturated heterocycles. The third-order valence-corrected chi connectivity index (χ3v) is 4.48. The molecule has 1 heterocycles. The molecule has 0 amide bonds. The van der Waals surface area contributed by atoms with Crippen molar-refractivity contribution in [1.29, 1.82) is 0 Å². The van der Waals surface area contributed by atoms with Crippen molar-refractivity contribution in [3.63, 3.8) is 0 Å². The lowest BCUT2D eigenvalue weighted by molar-refractivity contribution is 0.117. The third-order valence-electron chi connectivity index (χ3n) is 4.48. The molecule has 3 rings (SSSR count). The molecule has 1 aliphatic heterocycles. The summed E-state index contributed by atoms with van der Waals surface area (Å²) >= 11 is 0. The van der Waals surface area contributed by atoms with Crippen LogP contribution in [-0.4, -0.2) is 37.7 Å². The minimum atomic E-state index is 0.172. The van der Waals surface area contributed by atoms with E-state index in [2.05, 4.69) is 11.0 Å². The minimum Gasteiger partial charge on any atom is -0.493 e. The Bertz CT molecular complexity index is 474. The first-order valence-corrected chi connectivity index (χ1v) is 7.48. The Hall–Kier alpha value is -1.26. The standard InChI is InChI=1S/C16H24N2O2/c1-19-14-7-3-5-12(16(14)20-2)15-13(17)6-4-10-18(15)11-8-9-11/h3,5,7,11,13,15H,4,6,8-10,17H2,1-2H3. The Morgan fingerprint density at radius 3 is 2.60 bits per heavy atom. The SMILES string of the molecule is COc1cccc(C2C(N)CCCN2C2CC2)c1OC. The summed E-state index contributed by atoms with van der Waals surface area (Å²) in [7, 11) is 3.39. The topological polar surface area (TPSA) is 47.7 Å². The number of rotatable bonds is 4. The van der Waals surface area contributed by atoms with Gasteiger partial charge in [0, 0.05) is 17.6 Å². The third kappa shape index (κ3) is 2.38. The molecule has 2 atom stereocenters. The van der Waals surface area contributed by atoms with Crippen molar-refractivity contribution in [2.24, 2.45) is 5.73 Å². The molecule has 4 nitrogen and oxygen atoms in total. The largest absolute Gasteiger partial charge is 0.493 e. The van der Waals surface area contributed by atoms with E-state index in [-0.39, 0.29) is 12.1 Å². The fourth-order valence-corrected chi connectivity index (χ4v) is 3.42. The van der Waals surface area contributed by atoms with Gasteiger partial charge in [0.2, 0.25) is 0 Å². The second kappa shape index (κ2) is 5.62. The molecule has 20 heavy (non-hydrogen) atoms. The summed E-state index contributed by atoms with van der Waals surface area (Å²) < 4.78 is 11.0. The summed E-state index contributed by atoms with van der Waals surface area (Å²) in [5.74, 6) is 1.63. The van der Waals surface area contributed by atoms with Crippen LogP contribution in [0.15, 0.2) is 18.2 Å². The zero-order chi connectivity index (χ0) is 14.1. The Balaban J connectivity index is 2.00. The van der Waals surface area contributed by atoms with Crippen LogP contribution in [0.2, 0.25) is 0 Å². The number of methoxy groups -OCH3 is 2. The van der Waals surface area contributed by atoms with E-state index < -0.39 is 0 Å². The zero-order valence-electron chi connectivity index (χ0n) is 12.3. The van der Waals surface area contributed by atoms with Crippen LogP contribution >= 0.6 is 0 Å². The molecule has 4 heteroatoms. The van der Waals surface area contributed by atoms with E-state index in [9.17, 15) is 0 Å². The number of para-hydroxylation sites is 1. The number of ether oxygens (including phenoxy) is 2. The Morgan fingerprint density at radius 1 is 1.15 bits per heavy atom. The van der Waals surface area contributed by atoms with Gasteiger partial charge in [0.25, 0.3) is 0 Å². The van der Waals surface area contributed by atoms with Gasteiger partial charge in [-0.3, -0.25) is 4.90 Å². The number of nitrogens with zero attached hydrogens (tertiary/aromatic N) is 1. The molecule has 1 aromatic rings. The van der Waals surface area contributed by atoms with Crippen LogP contribution in [0.4, 0.5) is 0 Å². The maximum absolute atomic E-state index is 6.44. The van der Waals surface area contributed by atoms with Gasteiger partial charge >= 0.3 is 0 Å². The Morgan fingerprint density at radius 2 is 1.95 bits per heavy atom. The van der Waals surface area contributed by atoms with Crippen LogP contribution in [0.5, 0.6) is 11.5 Å². The lowest BCUT2D eigenvalue weighted by Crippen LogP contribution is -2.46. The molecule has 2 N–H and O–H groups in total. The van der Waals surface area contributed by atoms with Gasteiger partial charge in [-0.1, -0.05) is 12.1 Å². The second-order valence-corrected chi connectivity index (χ2v) is 5.80. The summed E-state index contributed by atoms with van der Waals surface area (Å²) in [6.45, 7) is 1.14. The molecule has 2 unspecified atom stereocenters. The maximum Gasteiger partial charge on any atom is 0.165 e. The van der Waals surface area contributed by atoms with E-state index in [4.69, 9.17) is 15.2 Å². The second-order valence-electron chi connectivity index (χ2n) is 5.80. The average Bonchev–Trinajstić information content (AvgIpc) is 3.30. The lowest BCUT2D eigenvalue weighted by atomic mass is 9.90.